The molecule has 0 unspecified atom stereocenters. The maximum atomic E-state index is 11.4. The molecule has 1 N–H and O–H groups in total. The van der Waals surface area contributed by atoms with Crippen LogP contribution in [0.25, 0.3) is 0 Å². The van der Waals surface area contributed by atoms with Gasteiger partial charge in [0.2, 0.25) is 5.91 Å². The molecule has 0 aliphatic carbocycles. The first kappa shape index (κ1) is 10.3. The molecule has 1 aliphatic rings. The minimum Gasteiger partial charge on any atom is -0.480 e. The summed E-state index contributed by atoms with van der Waals surface area (Å²) in [5, 5.41) is 17.5. The summed E-state index contributed by atoms with van der Waals surface area (Å²) in [4.78, 5) is 21.9. The molecule has 0 spiro atoms. The van der Waals surface area contributed by atoms with Gasteiger partial charge >= 0.3 is 5.97 Å². The fraction of sp³-hybridized carbons (Fsp3) is 0.333. The monoisotopic (exact) mass is 222 g/mol. The van der Waals surface area contributed by atoms with Gasteiger partial charge in [-0.05, 0) is 6.07 Å². The molecule has 0 saturated heterocycles. The van der Waals surface area contributed by atoms with Gasteiger partial charge in [-0.25, -0.2) is 5.01 Å². The van der Waals surface area contributed by atoms with E-state index < -0.39 is 12.5 Å². The lowest BCUT2D eigenvalue weighted by molar-refractivity contribution is -0.143. The summed E-state index contributed by atoms with van der Waals surface area (Å²) >= 11 is 0. The second-order valence-electron chi connectivity index (χ2n) is 3.41. The van der Waals surface area contributed by atoms with Gasteiger partial charge in [-0.3, -0.25) is 14.3 Å². The summed E-state index contributed by atoms with van der Waals surface area (Å²) in [7, 11) is 1.74. The third kappa shape index (κ3) is 1.79. The van der Waals surface area contributed by atoms with E-state index in [1.807, 2.05) is 0 Å². The minimum atomic E-state index is -1.08. The Labute approximate surface area is 91.0 Å². The molecule has 16 heavy (non-hydrogen) atoms. The lowest BCUT2D eigenvalue weighted by Crippen LogP contribution is -2.27. The Morgan fingerprint density at radius 1 is 1.62 bits per heavy atom. The van der Waals surface area contributed by atoms with Crippen molar-refractivity contribution in [3.63, 3.8) is 0 Å². The van der Waals surface area contributed by atoms with Crippen molar-refractivity contribution in [3.05, 3.63) is 18.0 Å². The zero-order valence-electron chi connectivity index (χ0n) is 8.62. The third-order valence-corrected chi connectivity index (χ3v) is 2.25. The van der Waals surface area contributed by atoms with E-state index in [-0.39, 0.29) is 12.3 Å². The zero-order valence-corrected chi connectivity index (χ0v) is 8.62. The van der Waals surface area contributed by atoms with E-state index in [4.69, 9.17) is 5.11 Å². The van der Waals surface area contributed by atoms with E-state index in [1.165, 1.54) is 0 Å². The summed E-state index contributed by atoms with van der Waals surface area (Å²) in [5.74, 6) is -1.39. The summed E-state index contributed by atoms with van der Waals surface area (Å²) in [6.45, 7) is -0.403. The molecule has 0 bridgehead atoms. The molecule has 2 heterocycles. The molecule has 0 atom stereocenters. The van der Waals surface area contributed by atoms with E-state index in [9.17, 15) is 9.59 Å². The number of nitrogens with zero attached hydrogens (tertiary/aromatic N) is 4. The number of amides is 1. The molecule has 1 aliphatic heterocycles. The minimum absolute atomic E-state index is 0.118. The molecule has 0 saturated carbocycles. The third-order valence-electron chi connectivity index (χ3n) is 2.25. The number of aryl methyl sites for hydroxylation is 1. The van der Waals surface area contributed by atoms with Crippen LogP contribution in [0.3, 0.4) is 0 Å². The first-order valence-corrected chi connectivity index (χ1v) is 4.66. The van der Waals surface area contributed by atoms with Crippen LogP contribution in [-0.2, 0) is 16.6 Å². The van der Waals surface area contributed by atoms with Crippen molar-refractivity contribution >= 4 is 17.6 Å². The van der Waals surface area contributed by atoms with E-state index in [0.29, 0.717) is 5.71 Å². The largest absolute Gasteiger partial charge is 0.480 e. The fourth-order valence-corrected chi connectivity index (χ4v) is 1.52. The van der Waals surface area contributed by atoms with Gasteiger partial charge in [-0.1, -0.05) is 0 Å². The van der Waals surface area contributed by atoms with Gasteiger partial charge in [0.15, 0.2) is 0 Å². The molecule has 0 fully saturated rings. The topological polar surface area (TPSA) is 87.8 Å². The molecule has 7 nitrogen and oxygen atoms in total. The smallest absolute Gasteiger partial charge is 0.325 e. The summed E-state index contributed by atoms with van der Waals surface area (Å²) in [5.41, 5.74) is 1.27. The maximum Gasteiger partial charge on any atom is 0.325 e. The van der Waals surface area contributed by atoms with Gasteiger partial charge < -0.3 is 5.11 Å². The summed E-state index contributed by atoms with van der Waals surface area (Å²) in [6, 6.07) is 1.73. The first-order valence-electron chi connectivity index (χ1n) is 4.66. The highest BCUT2D eigenvalue weighted by Crippen LogP contribution is 2.13. The normalized spacial score (nSPS) is 15.4. The highest BCUT2D eigenvalue weighted by molar-refractivity contribution is 6.13. The lowest BCUT2D eigenvalue weighted by atomic mass is 10.2. The van der Waals surface area contributed by atoms with Gasteiger partial charge in [0.1, 0.15) is 6.54 Å². The molecular formula is C9H10N4O3. The van der Waals surface area contributed by atoms with E-state index in [2.05, 4.69) is 10.2 Å². The first-order chi connectivity index (χ1) is 7.58. The van der Waals surface area contributed by atoms with Crippen LogP contribution in [0.1, 0.15) is 12.1 Å². The number of carbonyl (C=O) groups is 2. The van der Waals surface area contributed by atoms with Crippen molar-refractivity contribution in [1.82, 2.24) is 14.8 Å². The van der Waals surface area contributed by atoms with Crippen molar-refractivity contribution in [2.75, 3.05) is 6.54 Å². The number of aliphatic carboxylic acids is 1. The standard InChI is InChI=1S/C9H10N4O3/c1-12-7(2-3-10-12)6-4-8(14)13(11-6)5-9(15)16/h2-3H,4-5H2,1H3,(H,15,16). The Morgan fingerprint density at radius 2 is 2.38 bits per heavy atom. The Hall–Kier alpha value is -2.18. The van der Waals surface area contributed by atoms with Crippen LogP contribution in [0.2, 0.25) is 0 Å². The van der Waals surface area contributed by atoms with Crippen LogP contribution in [-0.4, -0.2) is 44.0 Å². The number of aromatic nitrogens is 2. The van der Waals surface area contributed by atoms with Crippen LogP contribution in [0.15, 0.2) is 17.4 Å². The van der Waals surface area contributed by atoms with E-state index >= 15 is 0 Å². The SMILES string of the molecule is Cn1nccc1C1=NN(CC(=O)O)C(=O)C1. The van der Waals surface area contributed by atoms with Crippen LogP contribution in [0.4, 0.5) is 0 Å². The van der Waals surface area contributed by atoms with E-state index in [1.54, 1.807) is 24.0 Å². The van der Waals surface area contributed by atoms with Crippen molar-refractivity contribution in [1.29, 1.82) is 0 Å². The molecule has 7 heteroatoms. The number of hydrazone groups is 1. The summed E-state index contributed by atoms with van der Waals surface area (Å²) < 4.78 is 1.59. The Morgan fingerprint density at radius 3 is 2.94 bits per heavy atom. The second-order valence-corrected chi connectivity index (χ2v) is 3.41. The molecule has 1 aromatic rings. The van der Waals surface area contributed by atoms with Gasteiger partial charge in [0, 0.05) is 13.2 Å². The van der Waals surface area contributed by atoms with Crippen LogP contribution in [0.5, 0.6) is 0 Å². The Kier molecular flexibility index (Phi) is 2.43. The van der Waals surface area contributed by atoms with Gasteiger partial charge in [-0.2, -0.15) is 10.2 Å². The maximum absolute atomic E-state index is 11.4. The number of carboxylic acids is 1. The number of hydrogen-bond donors (Lipinski definition) is 1. The zero-order chi connectivity index (χ0) is 11.7. The van der Waals surface area contributed by atoms with Crippen LogP contribution < -0.4 is 0 Å². The van der Waals surface area contributed by atoms with Crippen molar-refractivity contribution in [3.8, 4) is 0 Å². The van der Waals surface area contributed by atoms with Crippen LogP contribution >= 0.6 is 0 Å². The van der Waals surface area contributed by atoms with Gasteiger partial charge in [-0.15, -0.1) is 0 Å². The highest BCUT2D eigenvalue weighted by atomic mass is 16.4. The predicted octanol–water partition coefficient (Wildman–Crippen LogP) is -0.559. The molecule has 0 aromatic carbocycles. The van der Waals surface area contributed by atoms with Crippen molar-refractivity contribution in [2.45, 2.75) is 6.42 Å². The van der Waals surface area contributed by atoms with Crippen LogP contribution in [0, 0.1) is 0 Å². The second kappa shape index (κ2) is 3.76. The Balaban J connectivity index is 2.23. The average molecular weight is 222 g/mol. The highest BCUT2D eigenvalue weighted by Gasteiger charge is 2.27. The number of carbonyl (C=O) groups excluding carboxylic acids is 1. The quantitative estimate of drug-likeness (QED) is 0.742. The Bertz CT molecular complexity index is 477. The molecule has 2 rings (SSSR count). The fourth-order valence-electron chi connectivity index (χ4n) is 1.52. The number of rotatable bonds is 3. The predicted molar refractivity (Wildman–Crippen MR) is 53.7 cm³/mol. The summed E-state index contributed by atoms with van der Waals surface area (Å²) in [6.07, 6.45) is 1.72. The van der Waals surface area contributed by atoms with Gasteiger partial charge in [0.05, 0.1) is 17.8 Å². The lowest BCUT2D eigenvalue weighted by Gasteiger charge is -2.06. The molecule has 84 valence electrons. The van der Waals surface area contributed by atoms with Crippen molar-refractivity contribution in [2.24, 2.45) is 12.1 Å². The molecule has 1 aromatic heterocycles. The molecular weight excluding hydrogens is 212 g/mol. The molecule has 0 radical (unpaired) electrons. The average Bonchev–Trinajstić information content (AvgIpc) is 2.73. The molecule has 1 amide bonds. The number of carboxylic acid groups (broad SMARTS) is 1. The van der Waals surface area contributed by atoms with E-state index in [0.717, 1.165) is 10.7 Å². The van der Waals surface area contributed by atoms with Crippen molar-refractivity contribution < 1.29 is 14.7 Å². The van der Waals surface area contributed by atoms with Gasteiger partial charge in [0.25, 0.3) is 0 Å². The number of hydrogen-bond acceptors (Lipinski definition) is 4.